The van der Waals surface area contributed by atoms with Crippen LogP contribution in [0.4, 0.5) is 15.9 Å². The van der Waals surface area contributed by atoms with Gasteiger partial charge in [0.1, 0.15) is 22.8 Å². The lowest BCUT2D eigenvalue weighted by atomic mass is 10.1. The van der Waals surface area contributed by atoms with E-state index < -0.39 is 43.2 Å². The highest BCUT2D eigenvalue weighted by atomic mass is 127. The fraction of sp³-hybridized carbons (Fsp3) is 0.257. The molecule has 15 heteroatoms. The summed E-state index contributed by atoms with van der Waals surface area (Å²) < 4.78 is 55.4. The van der Waals surface area contributed by atoms with E-state index in [2.05, 4.69) is 5.32 Å². The summed E-state index contributed by atoms with van der Waals surface area (Å²) in [6.07, 6.45) is 0.153. The second-order valence-electron chi connectivity index (χ2n) is 11.9. The monoisotopic (exact) mass is 814 g/mol. The zero-order chi connectivity index (χ0) is 36.1. The van der Waals surface area contributed by atoms with Gasteiger partial charge in [0.15, 0.2) is 14.6 Å². The van der Waals surface area contributed by atoms with Crippen molar-refractivity contribution < 1.29 is 27.1 Å². The predicted octanol–water partition coefficient (Wildman–Crippen LogP) is 4.57. The minimum absolute atomic E-state index is 0.00395. The Hall–Kier alpha value is -4.77. The van der Waals surface area contributed by atoms with Gasteiger partial charge in [-0.15, -0.1) is 0 Å². The molecule has 3 aromatic carbocycles. The quantitative estimate of drug-likeness (QED) is 0.158. The molecule has 0 saturated heterocycles. The minimum atomic E-state index is -4.29. The summed E-state index contributed by atoms with van der Waals surface area (Å²) in [4.78, 5) is 55.2. The van der Waals surface area contributed by atoms with Crippen molar-refractivity contribution in [3.05, 3.63) is 118 Å². The second-order valence-corrected chi connectivity index (χ2v) is 15.4. The summed E-state index contributed by atoms with van der Waals surface area (Å²) in [5.41, 5.74) is -1.73. The number of nitrogens with one attached hydrogen (secondary N) is 1. The third-order valence-electron chi connectivity index (χ3n) is 8.83. The van der Waals surface area contributed by atoms with Crippen molar-refractivity contribution in [1.29, 1.82) is 0 Å². The Balaban J connectivity index is 1.67. The number of carbonyl (C=O) groups excluding carboxylic acids is 1. The SMILES string of the molecule is CCOC(=O)C1(S(=O)(=O)c2cccc(-n3c(=O)n(Cc4ccc(OC)cc4)c(=O)c4c(Nc5ccc(I)cc5F)n(C)c(=O)c(C)c43)c2)CC1. The summed E-state index contributed by atoms with van der Waals surface area (Å²) in [6, 6.07) is 16.5. The van der Waals surface area contributed by atoms with E-state index in [1.54, 1.807) is 37.3 Å². The van der Waals surface area contributed by atoms with Crippen LogP contribution in [0.2, 0.25) is 0 Å². The lowest BCUT2D eigenvalue weighted by molar-refractivity contribution is -0.143. The zero-order valence-corrected chi connectivity index (χ0v) is 30.4. The number of hydrogen-bond acceptors (Lipinski definition) is 9. The number of benzene rings is 3. The molecule has 2 heterocycles. The molecule has 0 radical (unpaired) electrons. The van der Waals surface area contributed by atoms with E-state index in [0.29, 0.717) is 14.9 Å². The number of pyridine rings is 1. The number of aryl methyl sites for hydroxylation is 1. The van der Waals surface area contributed by atoms with Crippen LogP contribution in [-0.2, 0) is 33.0 Å². The number of anilines is 2. The van der Waals surface area contributed by atoms with Gasteiger partial charge < -0.3 is 14.8 Å². The number of sulfone groups is 1. The Morgan fingerprint density at radius 2 is 1.72 bits per heavy atom. The maximum Gasteiger partial charge on any atom is 0.336 e. The third-order valence-corrected chi connectivity index (χ3v) is 12.0. The number of ether oxygens (including phenoxy) is 2. The highest BCUT2D eigenvalue weighted by Gasteiger charge is 2.62. The lowest BCUT2D eigenvalue weighted by Gasteiger charge is -2.21. The van der Waals surface area contributed by atoms with Crippen molar-refractivity contribution in [3.8, 4) is 11.4 Å². The van der Waals surface area contributed by atoms with Gasteiger partial charge in [0.05, 0.1) is 42.0 Å². The first-order valence-electron chi connectivity index (χ1n) is 15.5. The van der Waals surface area contributed by atoms with Crippen LogP contribution in [0.1, 0.15) is 30.9 Å². The topological polar surface area (TPSA) is 148 Å². The molecule has 0 atom stereocenters. The largest absolute Gasteiger partial charge is 0.497 e. The smallest absolute Gasteiger partial charge is 0.336 e. The average molecular weight is 815 g/mol. The van der Waals surface area contributed by atoms with Crippen LogP contribution in [0, 0.1) is 16.3 Å². The van der Waals surface area contributed by atoms with Crippen LogP contribution < -0.4 is 26.9 Å². The fourth-order valence-corrected chi connectivity index (χ4v) is 8.33. The molecule has 6 rings (SSSR count). The normalized spacial score (nSPS) is 13.6. The Morgan fingerprint density at radius 1 is 1.02 bits per heavy atom. The highest BCUT2D eigenvalue weighted by Crippen LogP contribution is 2.48. The second kappa shape index (κ2) is 13.2. The molecule has 5 aromatic rings. The van der Waals surface area contributed by atoms with Gasteiger partial charge in [-0.05, 0) is 103 Å². The molecule has 1 saturated carbocycles. The van der Waals surface area contributed by atoms with Crippen LogP contribution >= 0.6 is 22.6 Å². The summed E-state index contributed by atoms with van der Waals surface area (Å²) in [5, 5.41) is 2.79. The maximum atomic E-state index is 15.2. The van der Waals surface area contributed by atoms with E-state index in [-0.39, 0.29) is 64.5 Å². The highest BCUT2D eigenvalue weighted by molar-refractivity contribution is 14.1. The molecule has 1 aliphatic rings. The number of rotatable bonds is 10. The predicted molar refractivity (Wildman–Crippen MR) is 194 cm³/mol. The van der Waals surface area contributed by atoms with Crippen LogP contribution in [0.25, 0.3) is 16.6 Å². The van der Waals surface area contributed by atoms with Crippen molar-refractivity contribution in [2.24, 2.45) is 7.05 Å². The summed E-state index contributed by atoms with van der Waals surface area (Å²) in [6.45, 7) is 2.83. The van der Waals surface area contributed by atoms with Crippen molar-refractivity contribution in [2.45, 2.75) is 42.9 Å². The summed E-state index contributed by atoms with van der Waals surface area (Å²) >= 11 is 1.96. The van der Waals surface area contributed by atoms with Gasteiger partial charge >= 0.3 is 11.7 Å². The van der Waals surface area contributed by atoms with Crippen LogP contribution in [0.5, 0.6) is 5.75 Å². The van der Waals surface area contributed by atoms with Gasteiger partial charge in [-0.3, -0.25) is 28.1 Å². The molecular weight excluding hydrogens is 782 g/mol. The van der Waals surface area contributed by atoms with Crippen molar-refractivity contribution >= 4 is 60.8 Å². The molecule has 0 amide bonds. The van der Waals surface area contributed by atoms with Crippen LogP contribution in [-0.4, -0.2) is 46.6 Å². The molecular formula is C35H32FIN4O8S. The lowest BCUT2D eigenvalue weighted by Crippen LogP contribution is -2.42. The standard InChI is InChI=1S/C35H32FIN4O8S/c1-5-49-33(44)35(15-16-35)50(46,47)25-8-6-7-23(18-25)41-29-20(2)31(42)39(3)30(38-27-14-11-22(37)17-26(27)36)28(29)32(43)40(34(41)45)19-21-9-12-24(48-4)13-10-21/h6-14,17-18,38H,5,15-16,19H2,1-4H3. The first kappa shape index (κ1) is 35.1. The Labute approximate surface area is 299 Å². The molecule has 0 aliphatic heterocycles. The molecule has 1 fully saturated rings. The number of hydrogen-bond donors (Lipinski definition) is 1. The van der Waals surface area contributed by atoms with Gasteiger partial charge in [0.25, 0.3) is 11.1 Å². The van der Waals surface area contributed by atoms with E-state index in [9.17, 15) is 27.6 Å². The molecule has 260 valence electrons. The van der Waals surface area contributed by atoms with Crippen molar-refractivity contribution in [3.63, 3.8) is 0 Å². The fourth-order valence-electron chi connectivity index (χ4n) is 5.97. The number of halogens is 2. The van der Waals surface area contributed by atoms with Gasteiger partial charge in [-0.25, -0.2) is 17.6 Å². The Kier molecular flexibility index (Phi) is 9.24. The molecule has 1 N–H and O–H groups in total. The zero-order valence-electron chi connectivity index (χ0n) is 27.5. The van der Waals surface area contributed by atoms with E-state index in [1.165, 1.54) is 62.0 Å². The van der Waals surface area contributed by atoms with E-state index in [4.69, 9.17) is 9.47 Å². The Bertz CT molecular complexity index is 2490. The molecule has 50 heavy (non-hydrogen) atoms. The average Bonchev–Trinajstić information content (AvgIpc) is 3.92. The van der Waals surface area contributed by atoms with Gasteiger partial charge in [0, 0.05) is 16.2 Å². The Morgan fingerprint density at radius 3 is 2.34 bits per heavy atom. The summed E-state index contributed by atoms with van der Waals surface area (Å²) in [7, 11) is -1.37. The minimum Gasteiger partial charge on any atom is -0.497 e. The van der Waals surface area contributed by atoms with E-state index in [1.807, 2.05) is 22.6 Å². The van der Waals surface area contributed by atoms with Gasteiger partial charge in [-0.2, -0.15) is 0 Å². The maximum absolute atomic E-state index is 15.2. The molecule has 0 bridgehead atoms. The molecule has 12 nitrogen and oxygen atoms in total. The molecule has 0 spiro atoms. The van der Waals surface area contributed by atoms with Gasteiger partial charge in [-0.1, -0.05) is 18.2 Å². The van der Waals surface area contributed by atoms with Gasteiger partial charge in [0.2, 0.25) is 0 Å². The van der Waals surface area contributed by atoms with Crippen molar-refractivity contribution in [1.82, 2.24) is 13.7 Å². The first-order chi connectivity index (χ1) is 23.7. The molecule has 0 unspecified atom stereocenters. The number of fused-ring (bicyclic) bond motifs is 1. The molecule has 2 aromatic heterocycles. The van der Waals surface area contributed by atoms with E-state index >= 15 is 4.39 Å². The van der Waals surface area contributed by atoms with Crippen LogP contribution in [0.15, 0.2) is 86.0 Å². The number of carbonyl (C=O) groups is 1. The molecule has 1 aliphatic carbocycles. The number of aromatic nitrogens is 3. The summed E-state index contributed by atoms with van der Waals surface area (Å²) in [5.74, 6) is -1.01. The first-order valence-corrected chi connectivity index (χ1v) is 18.1. The number of methoxy groups -OCH3 is 1. The third kappa shape index (κ3) is 5.81. The number of esters is 1. The van der Waals surface area contributed by atoms with Crippen molar-refractivity contribution in [2.75, 3.05) is 19.0 Å². The van der Waals surface area contributed by atoms with E-state index in [0.717, 1.165) is 9.13 Å². The van der Waals surface area contributed by atoms with Crippen LogP contribution in [0.3, 0.4) is 0 Å². The number of nitrogens with zero attached hydrogens (tertiary/aromatic N) is 3.